The maximum atomic E-state index is 13.4. The molecule has 0 spiro atoms. The average molecular weight is 282 g/mol. The molecule has 0 atom stereocenters. The van der Waals surface area contributed by atoms with Crippen LogP contribution < -0.4 is 0 Å². The molecule has 0 aliphatic heterocycles. The first-order chi connectivity index (χ1) is 6.61. The zero-order valence-electron chi connectivity index (χ0n) is 7.31. The Labute approximate surface area is 94.1 Å². The standard InChI is InChI=1S/C9H7BrClFO2/c1-14-9(13)5-2-3-7(11)8(12)6(5)4-10/h2-3H,4H2,1H3. The summed E-state index contributed by atoms with van der Waals surface area (Å²) in [5.41, 5.74) is 0.399. The summed E-state index contributed by atoms with van der Waals surface area (Å²) < 4.78 is 17.9. The minimum absolute atomic E-state index is 0.00731. The van der Waals surface area contributed by atoms with Gasteiger partial charge in [-0.1, -0.05) is 27.5 Å². The van der Waals surface area contributed by atoms with E-state index in [9.17, 15) is 9.18 Å². The van der Waals surface area contributed by atoms with E-state index in [1.54, 1.807) is 0 Å². The number of carbonyl (C=O) groups is 1. The molecule has 0 fully saturated rings. The Morgan fingerprint density at radius 1 is 1.64 bits per heavy atom. The van der Waals surface area contributed by atoms with E-state index in [4.69, 9.17) is 11.6 Å². The van der Waals surface area contributed by atoms with Gasteiger partial charge in [0.15, 0.2) is 0 Å². The highest BCUT2D eigenvalue weighted by Crippen LogP contribution is 2.24. The molecule has 0 bridgehead atoms. The third kappa shape index (κ3) is 2.07. The Morgan fingerprint density at radius 3 is 2.79 bits per heavy atom. The smallest absolute Gasteiger partial charge is 0.338 e. The summed E-state index contributed by atoms with van der Waals surface area (Å²) >= 11 is 8.65. The summed E-state index contributed by atoms with van der Waals surface area (Å²) in [6.07, 6.45) is 0. The number of esters is 1. The van der Waals surface area contributed by atoms with Crippen molar-refractivity contribution in [1.29, 1.82) is 0 Å². The Hall–Kier alpha value is -0.610. The summed E-state index contributed by atoms with van der Waals surface area (Å²) in [7, 11) is 1.24. The fourth-order valence-electron chi connectivity index (χ4n) is 1.02. The zero-order chi connectivity index (χ0) is 10.7. The molecule has 14 heavy (non-hydrogen) atoms. The van der Waals surface area contributed by atoms with Crippen LogP contribution in [0.1, 0.15) is 15.9 Å². The van der Waals surface area contributed by atoms with Crippen LogP contribution in [-0.4, -0.2) is 13.1 Å². The number of carbonyl (C=O) groups excluding carboxylic acids is 1. The van der Waals surface area contributed by atoms with Crippen molar-refractivity contribution in [1.82, 2.24) is 0 Å². The fraction of sp³-hybridized carbons (Fsp3) is 0.222. The molecule has 0 saturated carbocycles. The summed E-state index contributed by atoms with van der Waals surface area (Å²) in [5, 5.41) is 0.205. The second-order valence-corrected chi connectivity index (χ2v) is 3.48. The number of alkyl halides is 1. The van der Waals surface area contributed by atoms with E-state index < -0.39 is 11.8 Å². The van der Waals surface area contributed by atoms with Gasteiger partial charge in [0.25, 0.3) is 0 Å². The van der Waals surface area contributed by atoms with Crippen LogP contribution in [0, 0.1) is 5.82 Å². The lowest BCUT2D eigenvalue weighted by molar-refractivity contribution is 0.0599. The second-order valence-electron chi connectivity index (χ2n) is 2.51. The second kappa shape index (κ2) is 4.75. The van der Waals surface area contributed by atoms with Crippen LogP contribution in [-0.2, 0) is 10.1 Å². The van der Waals surface area contributed by atoms with Crippen molar-refractivity contribution < 1.29 is 13.9 Å². The summed E-state index contributed by atoms with van der Waals surface area (Å²) in [6, 6.07) is 2.77. The molecule has 1 rings (SSSR count). The van der Waals surface area contributed by atoms with Crippen molar-refractivity contribution in [3.05, 3.63) is 34.1 Å². The van der Waals surface area contributed by atoms with E-state index in [1.807, 2.05) is 0 Å². The van der Waals surface area contributed by atoms with Gasteiger partial charge in [0, 0.05) is 10.9 Å². The summed E-state index contributed by atoms with van der Waals surface area (Å²) in [5.74, 6) is -1.17. The van der Waals surface area contributed by atoms with Gasteiger partial charge in [-0.25, -0.2) is 9.18 Å². The molecule has 0 N–H and O–H groups in total. The third-order valence-corrected chi connectivity index (χ3v) is 2.59. The molecule has 0 radical (unpaired) electrons. The molecular weight excluding hydrogens is 274 g/mol. The number of hydrogen-bond acceptors (Lipinski definition) is 2. The number of methoxy groups -OCH3 is 1. The Kier molecular flexibility index (Phi) is 3.89. The van der Waals surface area contributed by atoms with Gasteiger partial charge in [-0.2, -0.15) is 0 Å². The molecule has 1 aromatic carbocycles. The van der Waals surface area contributed by atoms with Gasteiger partial charge in [0.1, 0.15) is 5.82 Å². The fourth-order valence-corrected chi connectivity index (χ4v) is 1.75. The summed E-state index contributed by atoms with van der Waals surface area (Å²) in [4.78, 5) is 11.2. The third-order valence-electron chi connectivity index (χ3n) is 1.74. The molecule has 0 aliphatic carbocycles. The van der Waals surface area contributed by atoms with Gasteiger partial charge < -0.3 is 4.74 Å². The highest BCUT2D eigenvalue weighted by Gasteiger charge is 2.16. The minimum Gasteiger partial charge on any atom is -0.465 e. The lowest BCUT2D eigenvalue weighted by Gasteiger charge is -2.07. The number of hydrogen-bond donors (Lipinski definition) is 0. The van der Waals surface area contributed by atoms with Crippen LogP contribution in [0.3, 0.4) is 0 Å². The first-order valence-electron chi connectivity index (χ1n) is 3.73. The largest absolute Gasteiger partial charge is 0.465 e. The quantitative estimate of drug-likeness (QED) is 0.615. The monoisotopic (exact) mass is 280 g/mol. The van der Waals surface area contributed by atoms with E-state index in [-0.39, 0.29) is 21.5 Å². The van der Waals surface area contributed by atoms with Gasteiger partial charge >= 0.3 is 5.97 Å². The Balaban J connectivity index is 3.31. The van der Waals surface area contributed by atoms with Gasteiger partial charge in [0.05, 0.1) is 17.7 Å². The predicted molar refractivity (Wildman–Crippen MR) is 55.4 cm³/mol. The molecule has 0 unspecified atom stereocenters. The maximum absolute atomic E-state index is 13.4. The van der Waals surface area contributed by atoms with E-state index in [0.29, 0.717) is 0 Å². The van der Waals surface area contributed by atoms with Crippen LogP contribution in [0.5, 0.6) is 0 Å². The van der Waals surface area contributed by atoms with E-state index >= 15 is 0 Å². The van der Waals surface area contributed by atoms with Crippen LogP contribution in [0.15, 0.2) is 12.1 Å². The van der Waals surface area contributed by atoms with Crippen LogP contribution in [0.2, 0.25) is 5.02 Å². The number of ether oxygens (including phenoxy) is 1. The lowest BCUT2D eigenvalue weighted by atomic mass is 10.1. The molecule has 2 nitrogen and oxygen atoms in total. The molecule has 76 valence electrons. The predicted octanol–water partition coefficient (Wildman–Crippen LogP) is 3.16. The molecule has 0 aromatic heterocycles. The minimum atomic E-state index is -0.591. The van der Waals surface area contributed by atoms with Gasteiger partial charge in [-0.15, -0.1) is 0 Å². The summed E-state index contributed by atoms with van der Waals surface area (Å²) in [6.45, 7) is 0. The maximum Gasteiger partial charge on any atom is 0.338 e. The van der Waals surface area contributed by atoms with Gasteiger partial charge in [0.2, 0.25) is 0 Å². The van der Waals surface area contributed by atoms with Gasteiger partial charge in [-0.05, 0) is 12.1 Å². The Bertz CT molecular complexity index is 368. The van der Waals surface area contributed by atoms with Crippen molar-refractivity contribution >= 4 is 33.5 Å². The van der Waals surface area contributed by atoms with Crippen molar-refractivity contribution in [3.8, 4) is 0 Å². The molecule has 5 heteroatoms. The first kappa shape index (κ1) is 11.5. The van der Waals surface area contributed by atoms with Crippen molar-refractivity contribution in [2.75, 3.05) is 7.11 Å². The van der Waals surface area contributed by atoms with Crippen LogP contribution in [0.25, 0.3) is 0 Å². The number of benzene rings is 1. The lowest BCUT2D eigenvalue weighted by Crippen LogP contribution is -2.06. The van der Waals surface area contributed by atoms with Gasteiger partial charge in [-0.3, -0.25) is 0 Å². The van der Waals surface area contributed by atoms with E-state index in [1.165, 1.54) is 19.2 Å². The highest BCUT2D eigenvalue weighted by molar-refractivity contribution is 9.08. The van der Waals surface area contributed by atoms with E-state index in [0.717, 1.165) is 0 Å². The van der Waals surface area contributed by atoms with Crippen LogP contribution >= 0.6 is 27.5 Å². The zero-order valence-corrected chi connectivity index (χ0v) is 9.65. The molecule has 0 amide bonds. The van der Waals surface area contributed by atoms with Crippen molar-refractivity contribution in [2.24, 2.45) is 0 Å². The Morgan fingerprint density at radius 2 is 2.29 bits per heavy atom. The number of rotatable bonds is 2. The van der Waals surface area contributed by atoms with E-state index in [2.05, 4.69) is 20.7 Å². The normalized spacial score (nSPS) is 10.0. The van der Waals surface area contributed by atoms with Crippen LogP contribution in [0.4, 0.5) is 4.39 Å². The number of halogens is 3. The van der Waals surface area contributed by atoms with Crippen molar-refractivity contribution in [2.45, 2.75) is 5.33 Å². The highest BCUT2D eigenvalue weighted by atomic mass is 79.9. The molecule has 0 saturated heterocycles. The topological polar surface area (TPSA) is 26.3 Å². The SMILES string of the molecule is COC(=O)c1ccc(Cl)c(F)c1CBr. The molecule has 0 heterocycles. The van der Waals surface area contributed by atoms with Crippen molar-refractivity contribution in [3.63, 3.8) is 0 Å². The molecule has 1 aromatic rings. The first-order valence-corrected chi connectivity index (χ1v) is 5.23. The molecular formula is C9H7BrClFO2. The molecule has 0 aliphatic rings. The average Bonchev–Trinajstić information content (AvgIpc) is 2.20.